The average molecular weight is 352 g/mol. The van der Waals surface area contributed by atoms with Crippen LogP contribution >= 0.6 is 11.8 Å². The zero-order chi connectivity index (χ0) is 17.1. The monoisotopic (exact) mass is 351 g/mol. The van der Waals surface area contributed by atoms with Crippen molar-refractivity contribution in [1.82, 2.24) is 10.6 Å². The number of hydrogen-bond acceptors (Lipinski definition) is 4. The minimum Gasteiger partial charge on any atom is -0.381 e. The van der Waals surface area contributed by atoms with Gasteiger partial charge in [-0.2, -0.15) is 0 Å². The SMILES string of the molecule is CCNC(=NCC1(OC)CCOCC1)NCCSc1ccccc1. The van der Waals surface area contributed by atoms with E-state index >= 15 is 0 Å². The van der Waals surface area contributed by atoms with Crippen LogP contribution in [0.4, 0.5) is 0 Å². The lowest BCUT2D eigenvalue weighted by Gasteiger charge is -2.34. The van der Waals surface area contributed by atoms with Crippen molar-refractivity contribution in [3.8, 4) is 0 Å². The Balaban J connectivity index is 1.79. The number of ether oxygens (including phenoxy) is 2. The summed E-state index contributed by atoms with van der Waals surface area (Å²) >= 11 is 1.84. The minimum absolute atomic E-state index is 0.181. The van der Waals surface area contributed by atoms with E-state index in [1.807, 2.05) is 17.8 Å². The van der Waals surface area contributed by atoms with E-state index in [1.54, 1.807) is 7.11 Å². The first kappa shape index (κ1) is 19.1. The van der Waals surface area contributed by atoms with Crippen molar-refractivity contribution < 1.29 is 9.47 Å². The highest BCUT2D eigenvalue weighted by Crippen LogP contribution is 2.24. The van der Waals surface area contributed by atoms with E-state index < -0.39 is 0 Å². The van der Waals surface area contributed by atoms with Gasteiger partial charge in [0, 0.05) is 56.9 Å². The number of rotatable bonds is 8. The molecule has 0 bridgehead atoms. The van der Waals surface area contributed by atoms with E-state index in [4.69, 9.17) is 14.5 Å². The Hall–Kier alpha value is -1.24. The lowest BCUT2D eigenvalue weighted by Crippen LogP contribution is -2.44. The summed E-state index contributed by atoms with van der Waals surface area (Å²) in [7, 11) is 1.78. The minimum atomic E-state index is -0.181. The van der Waals surface area contributed by atoms with E-state index in [-0.39, 0.29) is 5.60 Å². The smallest absolute Gasteiger partial charge is 0.191 e. The Morgan fingerprint density at radius 2 is 2.00 bits per heavy atom. The molecule has 6 heteroatoms. The van der Waals surface area contributed by atoms with E-state index in [1.165, 1.54) is 4.90 Å². The Bertz CT molecular complexity index is 490. The lowest BCUT2D eigenvalue weighted by molar-refractivity contribution is -0.0828. The second-order valence-electron chi connectivity index (χ2n) is 5.78. The van der Waals surface area contributed by atoms with Gasteiger partial charge in [-0.1, -0.05) is 18.2 Å². The maximum Gasteiger partial charge on any atom is 0.191 e. The molecule has 0 atom stereocenters. The van der Waals surface area contributed by atoms with Gasteiger partial charge >= 0.3 is 0 Å². The van der Waals surface area contributed by atoms with E-state index in [9.17, 15) is 0 Å². The predicted molar refractivity (Wildman–Crippen MR) is 101 cm³/mol. The van der Waals surface area contributed by atoms with Crippen molar-refractivity contribution in [3.05, 3.63) is 30.3 Å². The molecule has 0 amide bonds. The maximum absolute atomic E-state index is 5.74. The van der Waals surface area contributed by atoms with Gasteiger partial charge in [-0.05, 0) is 19.1 Å². The number of benzene rings is 1. The molecule has 1 aromatic rings. The van der Waals surface area contributed by atoms with Crippen LogP contribution in [0.5, 0.6) is 0 Å². The molecule has 5 nitrogen and oxygen atoms in total. The molecule has 1 fully saturated rings. The van der Waals surface area contributed by atoms with Gasteiger partial charge in [-0.25, -0.2) is 0 Å². The second-order valence-corrected chi connectivity index (χ2v) is 6.95. The fourth-order valence-electron chi connectivity index (χ4n) is 2.59. The molecule has 2 N–H and O–H groups in total. The van der Waals surface area contributed by atoms with Gasteiger partial charge in [0.15, 0.2) is 5.96 Å². The molecule has 1 aromatic carbocycles. The van der Waals surface area contributed by atoms with Crippen LogP contribution in [-0.2, 0) is 9.47 Å². The topological polar surface area (TPSA) is 54.9 Å². The average Bonchev–Trinajstić information content (AvgIpc) is 2.65. The number of nitrogens with zero attached hydrogens (tertiary/aromatic N) is 1. The zero-order valence-corrected chi connectivity index (χ0v) is 15.5. The van der Waals surface area contributed by atoms with Crippen LogP contribution in [-0.4, -0.2) is 57.3 Å². The number of guanidine groups is 1. The van der Waals surface area contributed by atoms with Crippen LogP contribution in [0.3, 0.4) is 0 Å². The fourth-order valence-corrected chi connectivity index (χ4v) is 3.38. The Labute approximate surface area is 149 Å². The highest BCUT2D eigenvalue weighted by Gasteiger charge is 2.32. The summed E-state index contributed by atoms with van der Waals surface area (Å²) in [5.41, 5.74) is -0.181. The molecule has 1 aliphatic heterocycles. The largest absolute Gasteiger partial charge is 0.381 e. The Morgan fingerprint density at radius 1 is 1.25 bits per heavy atom. The van der Waals surface area contributed by atoms with Gasteiger partial charge in [0.05, 0.1) is 12.1 Å². The van der Waals surface area contributed by atoms with Gasteiger partial charge < -0.3 is 20.1 Å². The van der Waals surface area contributed by atoms with Crippen molar-refractivity contribution in [2.45, 2.75) is 30.3 Å². The molecule has 0 radical (unpaired) electrons. The molecular formula is C18H29N3O2S. The first-order chi connectivity index (χ1) is 11.8. The molecular weight excluding hydrogens is 322 g/mol. The van der Waals surface area contributed by atoms with Gasteiger partial charge in [0.25, 0.3) is 0 Å². The summed E-state index contributed by atoms with van der Waals surface area (Å²) in [6.07, 6.45) is 1.80. The van der Waals surface area contributed by atoms with Crippen LogP contribution in [0.1, 0.15) is 19.8 Å². The molecule has 1 aliphatic rings. The summed E-state index contributed by atoms with van der Waals surface area (Å²) in [5, 5.41) is 6.71. The van der Waals surface area contributed by atoms with Crippen LogP contribution in [0, 0.1) is 0 Å². The summed E-state index contributed by atoms with van der Waals surface area (Å²) < 4.78 is 11.2. The molecule has 2 rings (SSSR count). The normalized spacial score (nSPS) is 17.5. The summed E-state index contributed by atoms with van der Waals surface area (Å²) in [5.74, 6) is 1.85. The number of thioether (sulfide) groups is 1. The van der Waals surface area contributed by atoms with Gasteiger partial charge in [-0.3, -0.25) is 4.99 Å². The molecule has 1 heterocycles. The molecule has 0 unspecified atom stereocenters. The number of nitrogens with one attached hydrogen (secondary N) is 2. The van der Waals surface area contributed by atoms with Gasteiger partial charge in [0.1, 0.15) is 0 Å². The number of methoxy groups -OCH3 is 1. The van der Waals surface area contributed by atoms with Crippen molar-refractivity contribution in [1.29, 1.82) is 0 Å². The fraction of sp³-hybridized carbons (Fsp3) is 0.611. The first-order valence-corrected chi connectivity index (χ1v) is 9.59. The second kappa shape index (κ2) is 10.6. The molecule has 0 saturated carbocycles. The van der Waals surface area contributed by atoms with E-state index in [0.29, 0.717) is 6.54 Å². The number of hydrogen-bond donors (Lipinski definition) is 2. The zero-order valence-electron chi connectivity index (χ0n) is 14.7. The molecule has 0 aliphatic carbocycles. The van der Waals surface area contributed by atoms with Crippen LogP contribution < -0.4 is 10.6 Å². The van der Waals surface area contributed by atoms with Crippen molar-refractivity contribution in [3.63, 3.8) is 0 Å². The maximum atomic E-state index is 5.74. The van der Waals surface area contributed by atoms with E-state index in [0.717, 1.165) is 50.9 Å². The van der Waals surface area contributed by atoms with Crippen LogP contribution in [0.2, 0.25) is 0 Å². The first-order valence-electron chi connectivity index (χ1n) is 8.61. The molecule has 0 spiro atoms. The molecule has 24 heavy (non-hydrogen) atoms. The van der Waals surface area contributed by atoms with Gasteiger partial charge in [-0.15, -0.1) is 11.8 Å². The van der Waals surface area contributed by atoms with Crippen molar-refractivity contribution in [2.75, 3.05) is 45.7 Å². The quantitative estimate of drug-likeness (QED) is 0.326. The summed E-state index contributed by atoms with van der Waals surface area (Å²) in [6.45, 7) is 5.96. The summed E-state index contributed by atoms with van der Waals surface area (Å²) in [4.78, 5) is 6.02. The lowest BCUT2D eigenvalue weighted by atomic mass is 9.94. The molecule has 0 aromatic heterocycles. The van der Waals surface area contributed by atoms with E-state index in [2.05, 4.69) is 41.8 Å². The molecule has 134 valence electrons. The third-order valence-corrected chi connectivity index (χ3v) is 5.13. The van der Waals surface area contributed by atoms with Crippen LogP contribution in [0.15, 0.2) is 40.2 Å². The van der Waals surface area contributed by atoms with Gasteiger partial charge in [0.2, 0.25) is 0 Å². The summed E-state index contributed by atoms with van der Waals surface area (Å²) in [6, 6.07) is 10.5. The third-order valence-electron chi connectivity index (χ3n) is 4.11. The Morgan fingerprint density at radius 3 is 2.67 bits per heavy atom. The van der Waals surface area contributed by atoms with Crippen molar-refractivity contribution >= 4 is 17.7 Å². The highest BCUT2D eigenvalue weighted by molar-refractivity contribution is 7.99. The Kier molecular flexibility index (Phi) is 8.42. The highest BCUT2D eigenvalue weighted by atomic mass is 32.2. The number of aliphatic imine (C=N–C) groups is 1. The molecule has 1 saturated heterocycles. The van der Waals surface area contributed by atoms with Crippen molar-refractivity contribution in [2.24, 2.45) is 4.99 Å². The van der Waals surface area contributed by atoms with Crippen LogP contribution in [0.25, 0.3) is 0 Å². The predicted octanol–water partition coefficient (Wildman–Crippen LogP) is 2.53. The third kappa shape index (κ3) is 6.34. The standard InChI is InChI=1S/C18H29N3O2S/c1-3-19-17(20-11-14-24-16-7-5-4-6-8-16)21-15-18(22-2)9-12-23-13-10-18/h4-8H,3,9-15H2,1-2H3,(H2,19,20,21).